The molecule has 2 atom stereocenters. The van der Waals surface area contributed by atoms with Crippen molar-refractivity contribution in [3.8, 4) is 5.75 Å². The molecular formula is C18H22BrNO. The van der Waals surface area contributed by atoms with Crippen molar-refractivity contribution >= 4 is 15.9 Å². The number of halogens is 1. The average molecular weight is 348 g/mol. The number of aryl methyl sites for hydroxylation is 1. The molecule has 0 aliphatic carbocycles. The number of benzene rings is 2. The Hall–Kier alpha value is -1.32. The molecule has 2 aromatic rings. The smallest absolute Gasteiger partial charge is 0.133 e. The summed E-state index contributed by atoms with van der Waals surface area (Å²) in [7, 11) is 1.68. The molecule has 0 aromatic heterocycles. The van der Waals surface area contributed by atoms with E-state index in [9.17, 15) is 0 Å². The Kier molecular flexibility index (Phi) is 5.43. The molecule has 2 nitrogen and oxygen atoms in total. The van der Waals surface area contributed by atoms with Crippen LogP contribution in [0.25, 0.3) is 0 Å². The van der Waals surface area contributed by atoms with E-state index >= 15 is 0 Å². The normalized spacial score (nSPS) is 13.8. The van der Waals surface area contributed by atoms with E-state index in [1.807, 2.05) is 6.07 Å². The maximum Gasteiger partial charge on any atom is 0.133 e. The van der Waals surface area contributed by atoms with Gasteiger partial charge in [0, 0.05) is 12.1 Å². The van der Waals surface area contributed by atoms with Gasteiger partial charge in [-0.3, -0.25) is 0 Å². The minimum absolute atomic E-state index is 0.266. The van der Waals surface area contributed by atoms with Gasteiger partial charge in [-0.1, -0.05) is 30.3 Å². The zero-order chi connectivity index (χ0) is 15.4. The highest BCUT2D eigenvalue weighted by Gasteiger charge is 2.13. The van der Waals surface area contributed by atoms with E-state index in [-0.39, 0.29) is 6.04 Å². The van der Waals surface area contributed by atoms with Crippen molar-refractivity contribution in [3.63, 3.8) is 0 Å². The van der Waals surface area contributed by atoms with E-state index in [1.54, 1.807) is 7.11 Å². The zero-order valence-electron chi connectivity index (χ0n) is 13.0. The summed E-state index contributed by atoms with van der Waals surface area (Å²) in [5.41, 5.74) is 3.90. The molecule has 0 saturated heterocycles. The van der Waals surface area contributed by atoms with Crippen LogP contribution in [-0.4, -0.2) is 7.11 Å². The monoisotopic (exact) mass is 347 g/mol. The van der Waals surface area contributed by atoms with E-state index in [1.165, 1.54) is 16.7 Å². The topological polar surface area (TPSA) is 21.3 Å². The molecule has 2 rings (SSSR count). The molecule has 1 unspecified atom stereocenters. The number of rotatable bonds is 5. The quantitative estimate of drug-likeness (QED) is 0.804. The second-order valence-corrected chi connectivity index (χ2v) is 6.21. The van der Waals surface area contributed by atoms with Gasteiger partial charge in [-0.15, -0.1) is 0 Å². The Balaban J connectivity index is 2.12. The molecule has 0 spiro atoms. The average Bonchev–Trinajstić information content (AvgIpc) is 2.47. The van der Waals surface area contributed by atoms with Crippen LogP contribution in [-0.2, 0) is 0 Å². The summed E-state index contributed by atoms with van der Waals surface area (Å²) < 4.78 is 6.26. The summed E-state index contributed by atoms with van der Waals surface area (Å²) in [6.07, 6.45) is 0. The molecule has 0 fully saturated rings. The first kappa shape index (κ1) is 16.1. The van der Waals surface area contributed by atoms with Crippen LogP contribution in [0, 0.1) is 6.92 Å². The third kappa shape index (κ3) is 3.86. The largest absolute Gasteiger partial charge is 0.496 e. The first-order valence-electron chi connectivity index (χ1n) is 7.18. The molecule has 2 aromatic carbocycles. The van der Waals surface area contributed by atoms with Gasteiger partial charge in [-0.25, -0.2) is 0 Å². The Morgan fingerprint density at radius 1 is 1.05 bits per heavy atom. The molecule has 0 aliphatic rings. The maximum absolute atomic E-state index is 5.28. The van der Waals surface area contributed by atoms with Crippen LogP contribution in [0.4, 0.5) is 0 Å². The van der Waals surface area contributed by atoms with Gasteiger partial charge in [-0.2, -0.15) is 0 Å². The summed E-state index contributed by atoms with van der Waals surface area (Å²) in [6, 6.07) is 15.3. The second kappa shape index (κ2) is 7.10. The maximum atomic E-state index is 5.28. The van der Waals surface area contributed by atoms with Crippen LogP contribution in [0.15, 0.2) is 46.9 Å². The van der Waals surface area contributed by atoms with Gasteiger partial charge in [0.05, 0.1) is 11.6 Å². The number of methoxy groups -OCH3 is 1. The van der Waals surface area contributed by atoms with Crippen LogP contribution in [0.1, 0.15) is 42.6 Å². The van der Waals surface area contributed by atoms with Gasteiger partial charge in [-0.05, 0) is 65.5 Å². The lowest BCUT2D eigenvalue weighted by Crippen LogP contribution is -2.23. The summed E-state index contributed by atoms with van der Waals surface area (Å²) in [5.74, 6) is 0.859. The predicted octanol–water partition coefficient (Wildman–Crippen LogP) is 5.18. The lowest BCUT2D eigenvalue weighted by atomic mass is 10.0. The van der Waals surface area contributed by atoms with Gasteiger partial charge in [0.15, 0.2) is 0 Å². The molecule has 112 valence electrons. The number of ether oxygens (including phenoxy) is 1. The van der Waals surface area contributed by atoms with E-state index < -0.39 is 0 Å². The van der Waals surface area contributed by atoms with Crippen LogP contribution >= 0.6 is 15.9 Å². The Labute approximate surface area is 135 Å². The predicted molar refractivity (Wildman–Crippen MR) is 91.8 cm³/mol. The first-order valence-corrected chi connectivity index (χ1v) is 7.97. The fourth-order valence-electron chi connectivity index (χ4n) is 2.59. The number of nitrogens with one attached hydrogen (secondary N) is 1. The highest BCUT2D eigenvalue weighted by Crippen LogP contribution is 2.29. The van der Waals surface area contributed by atoms with Crippen molar-refractivity contribution in [2.45, 2.75) is 32.9 Å². The molecule has 0 radical (unpaired) electrons. The Bertz CT molecular complexity index is 612. The van der Waals surface area contributed by atoms with Crippen LogP contribution < -0.4 is 10.1 Å². The first-order chi connectivity index (χ1) is 10.0. The Morgan fingerprint density at radius 2 is 1.76 bits per heavy atom. The molecule has 0 heterocycles. The molecule has 21 heavy (non-hydrogen) atoms. The molecule has 0 saturated carbocycles. The van der Waals surface area contributed by atoms with Crippen LogP contribution in [0.3, 0.4) is 0 Å². The zero-order valence-corrected chi connectivity index (χ0v) is 14.6. The summed E-state index contributed by atoms with van der Waals surface area (Å²) >= 11 is 3.55. The lowest BCUT2D eigenvalue weighted by molar-refractivity contribution is 0.411. The minimum Gasteiger partial charge on any atom is -0.496 e. The van der Waals surface area contributed by atoms with Crippen molar-refractivity contribution in [2.24, 2.45) is 0 Å². The van der Waals surface area contributed by atoms with E-state index in [4.69, 9.17) is 4.74 Å². The number of hydrogen-bond donors (Lipinski definition) is 1. The van der Waals surface area contributed by atoms with Gasteiger partial charge in [0.2, 0.25) is 0 Å². The van der Waals surface area contributed by atoms with Crippen molar-refractivity contribution in [2.75, 3.05) is 7.11 Å². The third-order valence-corrected chi connectivity index (χ3v) is 4.45. The molecule has 1 N–H and O–H groups in total. The molecule has 3 heteroatoms. The standard InChI is InChI=1S/C18H22BrNO/c1-12-7-5-6-8-16(12)14(3)20-13(2)15-9-10-18(21-4)17(19)11-15/h5-11,13-14,20H,1-4H3/t13?,14-/m0/s1. The highest BCUT2D eigenvalue weighted by atomic mass is 79.9. The van der Waals surface area contributed by atoms with Crippen molar-refractivity contribution in [1.29, 1.82) is 0 Å². The fourth-order valence-corrected chi connectivity index (χ4v) is 3.14. The molecule has 0 bridgehead atoms. The SMILES string of the molecule is COc1ccc(C(C)N[C@@H](C)c2ccccc2C)cc1Br. The van der Waals surface area contributed by atoms with Gasteiger partial charge < -0.3 is 10.1 Å². The lowest BCUT2D eigenvalue weighted by Gasteiger charge is -2.22. The second-order valence-electron chi connectivity index (χ2n) is 5.36. The third-order valence-electron chi connectivity index (χ3n) is 3.83. The summed E-state index contributed by atoms with van der Waals surface area (Å²) in [4.78, 5) is 0. The fraction of sp³-hybridized carbons (Fsp3) is 0.333. The van der Waals surface area contributed by atoms with Crippen molar-refractivity contribution in [1.82, 2.24) is 5.32 Å². The van der Waals surface area contributed by atoms with E-state index in [0.717, 1.165) is 10.2 Å². The molecule has 0 aliphatic heterocycles. The molecular weight excluding hydrogens is 326 g/mol. The van der Waals surface area contributed by atoms with Crippen molar-refractivity contribution in [3.05, 3.63) is 63.6 Å². The minimum atomic E-state index is 0.266. The van der Waals surface area contributed by atoms with Gasteiger partial charge >= 0.3 is 0 Å². The van der Waals surface area contributed by atoms with E-state index in [0.29, 0.717) is 6.04 Å². The van der Waals surface area contributed by atoms with Crippen LogP contribution in [0.5, 0.6) is 5.75 Å². The summed E-state index contributed by atoms with van der Waals surface area (Å²) in [5, 5.41) is 3.66. The van der Waals surface area contributed by atoms with E-state index in [2.05, 4.69) is 78.4 Å². The Morgan fingerprint density at radius 3 is 2.38 bits per heavy atom. The van der Waals surface area contributed by atoms with Gasteiger partial charge in [0.1, 0.15) is 5.75 Å². The van der Waals surface area contributed by atoms with Gasteiger partial charge in [0.25, 0.3) is 0 Å². The molecule has 0 amide bonds. The van der Waals surface area contributed by atoms with Crippen LogP contribution in [0.2, 0.25) is 0 Å². The van der Waals surface area contributed by atoms with Crippen molar-refractivity contribution < 1.29 is 4.74 Å². The highest BCUT2D eigenvalue weighted by molar-refractivity contribution is 9.10. The number of hydrogen-bond acceptors (Lipinski definition) is 2. The summed E-state index contributed by atoms with van der Waals surface area (Å²) in [6.45, 7) is 6.54.